The highest BCUT2D eigenvalue weighted by Gasteiger charge is 2.25. The van der Waals surface area contributed by atoms with E-state index in [-0.39, 0.29) is 5.91 Å². The molecule has 1 aromatic rings. The third-order valence-corrected chi connectivity index (χ3v) is 4.00. The molecule has 1 amide bonds. The fraction of sp³-hybridized carbons (Fsp3) is 0.636. The van der Waals surface area contributed by atoms with Crippen molar-refractivity contribution in [2.45, 2.75) is 19.8 Å². The zero-order valence-corrected chi connectivity index (χ0v) is 10.3. The van der Waals surface area contributed by atoms with Crippen LogP contribution >= 0.6 is 11.3 Å². The molecule has 4 nitrogen and oxygen atoms in total. The fourth-order valence-corrected chi connectivity index (χ4v) is 2.86. The van der Waals surface area contributed by atoms with E-state index in [9.17, 15) is 4.79 Å². The Hall–Kier alpha value is -0.940. The first-order valence-corrected chi connectivity index (χ1v) is 6.49. The standard InChI is InChI=1S/C11H17N3OS/c1-8-10(16-7-13-8)11(15)14-4-2-3-9(5-12)6-14/h7,9H,2-6,12H2,1H3/t9-/m0/s1. The second kappa shape index (κ2) is 4.93. The van der Waals surface area contributed by atoms with Crippen molar-refractivity contribution in [2.75, 3.05) is 19.6 Å². The Morgan fingerprint density at radius 2 is 2.56 bits per heavy atom. The zero-order chi connectivity index (χ0) is 11.5. The van der Waals surface area contributed by atoms with E-state index in [0.717, 1.165) is 36.5 Å². The minimum absolute atomic E-state index is 0.123. The summed E-state index contributed by atoms with van der Waals surface area (Å²) >= 11 is 1.43. The molecule has 0 aliphatic carbocycles. The van der Waals surface area contributed by atoms with Crippen molar-refractivity contribution in [3.05, 3.63) is 16.1 Å². The van der Waals surface area contributed by atoms with Gasteiger partial charge in [-0.1, -0.05) is 0 Å². The minimum Gasteiger partial charge on any atom is -0.338 e. The van der Waals surface area contributed by atoms with Crippen molar-refractivity contribution in [3.8, 4) is 0 Å². The third kappa shape index (κ3) is 2.25. The molecule has 0 spiro atoms. The van der Waals surface area contributed by atoms with Gasteiger partial charge in [0.2, 0.25) is 0 Å². The molecule has 2 heterocycles. The highest BCUT2D eigenvalue weighted by molar-refractivity contribution is 7.11. The van der Waals surface area contributed by atoms with E-state index in [0.29, 0.717) is 12.5 Å². The summed E-state index contributed by atoms with van der Waals surface area (Å²) in [5.41, 5.74) is 8.23. The number of carbonyl (C=O) groups is 1. The molecule has 1 aliphatic heterocycles. The first-order chi connectivity index (χ1) is 7.72. The maximum Gasteiger partial charge on any atom is 0.265 e. The first kappa shape index (κ1) is 11.5. The largest absolute Gasteiger partial charge is 0.338 e. The van der Waals surface area contributed by atoms with Crippen molar-refractivity contribution in [1.82, 2.24) is 9.88 Å². The molecule has 0 radical (unpaired) electrons. The Bertz CT molecular complexity index is 377. The lowest BCUT2D eigenvalue weighted by molar-refractivity contribution is 0.0682. The van der Waals surface area contributed by atoms with Crippen molar-refractivity contribution < 1.29 is 4.79 Å². The number of hydrogen-bond acceptors (Lipinski definition) is 4. The number of hydrogen-bond donors (Lipinski definition) is 1. The van der Waals surface area contributed by atoms with Crippen LogP contribution in [0.4, 0.5) is 0 Å². The van der Waals surface area contributed by atoms with Crippen LogP contribution in [0.15, 0.2) is 5.51 Å². The van der Waals surface area contributed by atoms with Crippen LogP contribution in [0.5, 0.6) is 0 Å². The maximum atomic E-state index is 12.2. The van der Waals surface area contributed by atoms with Crippen LogP contribution in [-0.2, 0) is 0 Å². The molecule has 5 heteroatoms. The monoisotopic (exact) mass is 239 g/mol. The quantitative estimate of drug-likeness (QED) is 0.845. The molecule has 16 heavy (non-hydrogen) atoms. The number of amides is 1. The van der Waals surface area contributed by atoms with Crippen molar-refractivity contribution in [3.63, 3.8) is 0 Å². The molecule has 88 valence electrons. The number of aromatic nitrogens is 1. The summed E-state index contributed by atoms with van der Waals surface area (Å²) < 4.78 is 0. The number of aryl methyl sites for hydroxylation is 1. The minimum atomic E-state index is 0.123. The number of piperidine rings is 1. The smallest absolute Gasteiger partial charge is 0.265 e. The predicted octanol–water partition coefficient (Wildman–Crippen LogP) is 1.26. The first-order valence-electron chi connectivity index (χ1n) is 5.61. The highest BCUT2D eigenvalue weighted by atomic mass is 32.1. The molecule has 2 rings (SSSR count). The fourth-order valence-electron chi connectivity index (χ4n) is 2.09. The van der Waals surface area contributed by atoms with Crippen LogP contribution in [0.25, 0.3) is 0 Å². The van der Waals surface area contributed by atoms with E-state index in [1.165, 1.54) is 11.3 Å². The van der Waals surface area contributed by atoms with Crippen molar-refractivity contribution >= 4 is 17.2 Å². The van der Waals surface area contributed by atoms with Crippen LogP contribution in [0.1, 0.15) is 28.2 Å². The van der Waals surface area contributed by atoms with Gasteiger partial charge in [-0.05, 0) is 32.2 Å². The zero-order valence-electron chi connectivity index (χ0n) is 9.48. The number of likely N-dealkylation sites (tertiary alicyclic amines) is 1. The molecular weight excluding hydrogens is 222 g/mol. The summed E-state index contributed by atoms with van der Waals surface area (Å²) in [6.45, 7) is 4.21. The van der Waals surface area contributed by atoms with Crippen LogP contribution in [0.2, 0.25) is 0 Å². The van der Waals surface area contributed by atoms with Gasteiger partial charge in [-0.3, -0.25) is 4.79 Å². The summed E-state index contributed by atoms with van der Waals surface area (Å²) in [5.74, 6) is 0.587. The summed E-state index contributed by atoms with van der Waals surface area (Å²) in [7, 11) is 0. The predicted molar refractivity (Wildman–Crippen MR) is 64.5 cm³/mol. The molecule has 1 fully saturated rings. The van der Waals surface area contributed by atoms with Gasteiger partial charge >= 0.3 is 0 Å². The Balaban J connectivity index is 2.07. The summed E-state index contributed by atoms with van der Waals surface area (Å²) in [6, 6.07) is 0. The van der Waals surface area contributed by atoms with E-state index in [2.05, 4.69) is 4.98 Å². The van der Waals surface area contributed by atoms with Gasteiger partial charge in [-0.15, -0.1) is 11.3 Å². The SMILES string of the molecule is Cc1ncsc1C(=O)N1CCC[C@@H](CN)C1. The third-order valence-electron chi connectivity index (χ3n) is 3.08. The molecule has 2 N–H and O–H groups in total. The molecule has 0 saturated carbocycles. The van der Waals surface area contributed by atoms with E-state index < -0.39 is 0 Å². The van der Waals surface area contributed by atoms with Crippen LogP contribution < -0.4 is 5.73 Å². The summed E-state index contributed by atoms with van der Waals surface area (Å²) in [5, 5.41) is 0. The van der Waals surface area contributed by atoms with Gasteiger partial charge < -0.3 is 10.6 Å². The lowest BCUT2D eigenvalue weighted by Gasteiger charge is -2.31. The van der Waals surface area contributed by atoms with Gasteiger partial charge in [0.15, 0.2) is 0 Å². The van der Waals surface area contributed by atoms with Crippen molar-refractivity contribution in [1.29, 1.82) is 0 Å². The Morgan fingerprint density at radius 3 is 3.19 bits per heavy atom. The van der Waals surface area contributed by atoms with E-state index >= 15 is 0 Å². The average molecular weight is 239 g/mol. The Morgan fingerprint density at radius 1 is 1.75 bits per heavy atom. The molecular formula is C11H17N3OS. The average Bonchev–Trinajstić information content (AvgIpc) is 2.74. The van der Waals surface area contributed by atoms with Gasteiger partial charge in [0.05, 0.1) is 11.2 Å². The van der Waals surface area contributed by atoms with Gasteiger partial charge in [-0.25, -0.2) is 4.98 Å². The molecule has 1 aromatic heterocycles. The van der Waals surface area contributed by atoms with Gasteiger partial charge in [-0.2, -0.15) is 0 Å². The highest BCUT2D eigenvalue weighted by Crippen LogP contribution is 2.20. The molecule has 0 aromatic carbocycles. The molecule has 0 unspecified atom stereocenters. The van der Waals surface area contributed by atoms with E-state index in [4.69, 9.17) is 5.73 Å². The number of nitrogens with two attached hydrogens (primary N) is 1. The lowest BCUT2D eigenvalue weighted by Crippen LogP contribution is -2.42. The lowest BCUT2D eigenvalue weighted by atomic mass is 9.98. The normalized spacial score (nSPS) is 21.1. The van der Waals surface area contributed by atoms with Crippen LogP contribution in [0.3, 0.4) is 0 Å². The Kier molecular flexibility index (Phi) is 3.56. The Labute approximate surface area is 99.5 Å². The number of nitrogens with zero attached hydrogens (tertiary/aromatic N) is 2. The van der Waals surface area contributed by atoms with Crippen LogP contribution in [-0.4, -0.2) is 35.4 Å². The van der Waals surface area contributed by atoms with Gasteiger partial charge in [0.25, 0.3) is 5.91 Å². The van der Waals surface area contributed by atoms with Gasteiger partial charge in [0.1, 0.15) is 4.88 Å². The van der Waals surface area contributed by atoms with E-state index in [1.54, 1.807) is 5.51 Å². The second-order valence-corrected chi connectivity index (χ2v) is 5.12. The second-order valence-electron chi connectivity index (χ2n) is 4.26. The molecule has 1 aliphatic rings. The maximum absolute atomic E-state index is 12.2. The molecule has 1 atom stereocenters. The van der Waals surface area contributed by atoms with Crippen molar-refractivity contribution in [2.24, 2.45) is 11.7 Å². The molecule has 0 bridgehead atoms. The van der Waals surface area contributed by atoms with Crippen LogP contribution in [0, 0.1) is 12.8 Å². The number of carbonyl (C=O) groups excluding carboxylic acids is 1. The number of thiazole rings is 1. The topological polar surface area (TPSA) is 59.2 Å². The summed E-state index contributed by atoms with van der Waals surface area (Å²) in [4.78, 5) is 19.0. The van der Waals surface area contributed by atoms with Gasteiger partial charge in [0, 0.05) is 13.1 Å². The summed E-state index contributed by atoms with van der Waals surface area (Å²) in [6.07, 6.45) is 2.20. The molecule has 1 saturated heterocycles. The number of rotatable bonds is 2. The van der Waals surface area contributed by atoms with E-state index in [1.807, 2.05) is 11.8 Å².